The highest BCUT2D eigenvalue weighted by Gasteiger charge is 2.52. The minimum atomic E-state index is -1.05. The van der Waals surface area contributed by atoms with E-state index in [0.717, 1.165) is 43.4 Å². The van der Waals surface area contributed by atoms with Gasteiger partial charge in [0.15, 0.2) is 0 Å². The Balaban J connectivity index is 1.67. The molecule has 1 spiro atoms. The van der Waals surface area contributed by atoms with Gasteiger partial charge >= 0.3 is 12.0 Å². The third-order valence-electron chi connectivity index (χ3n) is 6.01. The number of rotatable bonds is 5. The Morgan fingerprint density at radius 1 is 1.04 bits per heavy atom. The Hall–Kier alpha value is -2.12. The van der Waals surface area contributed by atoms with Crippen LogP contribution in [0, 0.1) is 0 Å². The molecule has 0 radical (unpaired) electrons. The molecule has 1 aliphatic heterocycles. The van der Waals surface area contributed by atoms with E-state index in [4.69, 9.17) is 4.74 Å². The van der Waals surface area contributed by atoms with Gasteiger partial charge in [0, 0.05) is 0 Å². The van der Waals surface area contributed by atoms with Crippen LogP contribution in [0.4, 0.5) is 4.79 Å². The normalized spacial score (nSPS) is 23.8. The van der Waals surface area contributed by atoms with Gasteiger partial charge in [-0.2, -0.15) is 0 Å². The van der Waals surface area contributed by atoms with Crippen LogP contribution in [-0.4, -0.2) is 52.9 Å². The first-order valence-electron chi connectivity index (χ1n) is 10.0. The molecule has 2 N–H and O–H groups in total. The van der Waals surface area contributed by atoms with Crippen molar-refractivity contribution in [1.82, 2.24) is 15.5 Å². The highest BCUT2D eigenvalue weighted by atomic mass is 16.5. The molecule has 1 heterocycles. The summed E-state index contributed by atoms with van der Waals surface area (Å²) in [6.45, 7) is 1.60. The molecule has 0 atom stereocenters. The van der Waals surface area contributed by atoms with Gasteiger partial charge in [-0.05, 0) is 32.6 Å². The average Bonchev–Trinajstić information content (AvgIpc) is 2.87. The number of nitrogens with one attached hydrogen (secondary N) is 2. The number of carbonyl (C=O) groups excluding carboxylic acids is 4. The highest BCUT2D eigenvalue weighted by Crippen LogP contribution is 2.34. The molecule has 3 fully saturated rings. The number of ether oxygens (including phenoxy) is 1. The van der Waals surface area contributed by atoms with Gasteiger partial charge in [0.05, 0.1) is 6.61 Å². The van der Waals surface area contributed by atoms with Gasteiger partial charge in [0.1, 0.15) is 17.6 Å². The first kappa shape index (κ1) is 19.6. The summed E-state index contributed by atoms with van der Waals surface area (Å²) in [7, 11) is 0. The van der Waals surface area contributed by atoms with Crippen LogP contribution in [0.1, 0.15) is 71.1 Å². The molecule has 8 heteroatoms. The van der Waals surface area contributed by atoms with Crippen molar-refractivity contribution in [2.75, 3.05) is 13.2 Å². The van der Waals surface area contributed by atoms with E-state index in [2.05, 4.69) is 10.6 Å². The molecular weight excluding hydrogens is 350 g/mol. The van der Waals surface area contributed by atoms with E-state index in [9.17, 15) is 19.2 Å². The fraction of sp³-hybridized carbons (Fsp3) is 0.789. The van der Waals surface area contributed by atoms with Crippen molar-refractivity contribution in [2.24, 2.45) is 0 Å². The molecule has 4 amide bonds. The molecule has 0 bridgehead atoms. The molecule has 0 aromatic rings. The monoisotopic (exact) mass is 379 g/mol. The molecule has 1 saturated heterocycles. The largest absolute Gasteiger partial charge is 0.464 e. The van der Waals surface area contributed by atoms with Crippen molar-refractivity contribution < 1.29 is 23.9 Å². The molecule has 3 aliphatic rings. The van der Waals surface area contributed by atoms with E-state index >= 15 is 0 Å². The van der Waals surface area contributed by atoms with Gasteiger partial charge in [-0.25, -0.2) is 9.59 Å². The number of imide groups is 1. The maximum atomic E-state index is 12.8. The Morgan fingerprint density at radius 2 is 1.63 bits per heavy atom. The summed E-state index contributed by atoms with van der Waals surface area (Å²) in [6, 6.07) is -0.522. The number of esters is 1. The standard InChI is InChI=1S/C19H29N3O5/c1-2-27-16(25)19(11-7-4-8-12-19)20-14(23)13-22-15(24)18(21-17(22)26)9-5-3-6-10-18/h2-13H2,1H3,(H,20,23)(H,21,26). The number of amides is 4. The molecule has 3 rings (SSSR count). The summed E-state index contributed by atoms with van der Waals surface area (Å²) in [6.07, 6.45) is 7.74. The summed E-state index contributed by atoms with van der Waals surface area (Å²) in [5, 5.41) is 5.59. The maximum Gasteiger partial charge on any atom is 0.331 e. The van der Waals surface area contributed by atoms with Crippen LogP contribution in [-0.2, 0) is 19.1 Å². The topological polar surface area (TPSA) is 105 Å². The summed E-state index contributed by atoms with van der Waals surface area (Å²) in [5.74, 6) is -1.25. The maximum absolute atomic E-state index is 12.8. The molecule has 0 aromatic carbocycles. The molecule has 0 aromatic heterocycles. The lowest BCUT2D eigenvalue weighted by molar-refractivity contribution is -0.155. The molecule has 2 aliphatic carbocycles. The average molecular weight is 379 g/mol. The Labute approximate surface area is 159 Å². The smallest absolute Gasteiger partial charge is 0.331 e. The van der Waals surface area contributed by atoms with E-state index in [1.165, 1.54) is 0 Å². The third-order valence-corrected chi connectivity index (χ3v) is 6.01. The van der Waals surface area contributed by atoms with Gasteiger partial charge in [0.2, 0.25) is 5.91 Å². The first-order valence-corrected chi connectivity index (χ1v) is 10.0. The van der Waals surface area contributed by atoms with Crippen LogP contribution in [0.15, 0.2) is 0 Å². The van der Waals surface area contributed by atoms with Crippen LogP contribution >= 0.6 is 0 Å². The number of nitrogens with zero attached hydrogens (tertiary/aromatic N) is 1. The number of urea groups is 1. The van der Waals surface area contributed by atoms with Crippen molar-refractivity contribution in [2.45, 2.75) is 82.2 Å². The Morgan fingerprint density at radius 3 is 2.22 bits per heavy atom. The summed E-state index contributed by atoms with van der Waals surface area (Å²) >= 11 is 0. The van der Waals surface area contributed by atoms with Crippen molar-refractivity contribution in [3.63, 3.8) is 0 Å². The van der Waals surface area contributed by atoms with Crippen molar-refractivity contribution in [3.05, 3.63) is 0 Å². The number of hydrogen-bond acceptors (Lipinski definition) is 5. The van der Waals surface area contributed by atoms with Gasteiger partial charge in [-0.15, -0.1) is 0 Å². The summed E-state index contributed by atoms with van der Waals surface area (Å²) in [5.41, 5.74) is -1.90. The quantitative estimate of drug-likeness (QED) is 0.558. The zero-order valence-corrected chi connectivity index (χ0v) is 16.0. The van der Waals surface area contributed by atoms with Crippen molar-refractivity contribution in [1.29, 1.82) is 0 Å². The van der Waals surface area contributed by atoms with Gasteiger partial charge < -0.3 is 15.4 Å². The molecule has 0 unspecified atom stereocenters. The lowest BCUT2D eigenvalue weighted by atomic mass is 9.81. The van der Waals surface area contributed by atoms with E-state index in [-0.39, 0.29) is 19.1 Å². The van der Waals surface area contributed by atoms with Crippen molar-refractivity contribution >= 4 is 23.8 Å². The molecule has 27 heavy (non-hydrogen) atoms. The Bertz CT molecular complexity index is 621. The molecule has 150 valence electrons. The minimum absolute atomic E-state index is 0.242. The van der Waals surface area contributed by atoms with Crippen molar-refractivity contribution in [3.8, 4) is 0 Å². The Kier molecular flexibility index (Phi) is 5.72. The van der Waals surface area contributed by atoms with Crippen LogP contribution in [0.2, 0.25) is 0 Å². The van der Waals surface area contributed by atoms with Crippen LogP contribution < -0.4 is 10.6 Å². The lowest BCUT2D eigenvalue weighted by Gasteiger charge is -2.36. The van der Waals surface area contributed by atoms with Gasteiger partial charge in [-0.3, -0.25) is 14.5 Å². The van der Waals surface area contributed by atoms with Crippen LogP contribution in [0.5, 0.6) is 0 Å². The number of hydrogen-bond donors (Lipinski definition) is 2. The molecular formula is C19H29N3O5. The summed E-state index contributed by atoms with van der Waals surface area (Å²) < 4.78 is 5.17. The second-order valence-electron chi connectivity index (χ2n) is 7.88. The van der Waals surface area contributed by atoms with E-state index < -0.39 is 29.0 Å². The van der Waals surface area contributed by atoms with Crippen LogP contribution in [0.3, 0.4) is 0 Å². The fourth-order valence-electron chi connectivity index (χ4n) is 4.57. The predicted molar refractivity (Wildman–Crippen MR) is 96.7 cm³/mol. The highest BCUT2D eigenvalue weighted by molar-refractivity contribution is 6.09. The van der Waals surface area contributed by atoms with E-state index in [0.29, 0.717) is 25.7 Å². The summed E-state index contributed by atoms with van der Waals surface area (Å²) in [4.78, 5) is 51.2. The first-order chi connectivity index (χ1) is 12.9. The molecule has 8 nitrogen and oxygen atoms in total. The minimum Gasteiger partial charge on any atom is -0.464 e. The van der Waals surface area contributed by atoms with Gasteiger partial charge in [-0.1, -0.05) is 38.5 Å². The number of carbonyl (C=O) groups is 4. The molecule has 2 saturated carbocycles. The second kappa shape index (κ2) is 7.86. The van der Waals surface area contributed by atoms with E-state index in [1.807, 2.05) is 0 Å². The predicted octanol–water partition coefficient (Wildman–Crippen LogP) is 1.62. The van der Waals surface area contributed by atoms with E-state index in [1.54, 1.807) is 6.92 Å². The second-order valence-corrected chi connectivity index (χ2v) is 7.88. The zero-order valence-electron chi connectivity index (χ0n) is 16.0. The van der Waals surface area contributed by atoms with Crippen LogP contribution in [0.25, 0.3) is 0 Å². The lowest BCUT2D eigenvalue weighted by Crippen LogP contribution is -2.58. The zero-order chi connectivity index (χ0) is 19.5. The fourth-order valence-corrected chi connectivity index (χ4v) is 4.57. The van der Waals surface area contributed by atoms with Gasteiger partial charge in [0.25, 0.3) is 5.91 Å². The SMILES string of the molecule is CCOC(=O)C1(NC(=O)CN2C(=O)NC3(CCCCC3)C2=O)CCCCC1. The third kappa shape index (κ3) is 3.80.